The van der Waals surface area contributed by atoms with Gasteiger partial charge in [0.1, 0.15) is 0 Å². The first-order valence-electron chi connectivity index (χ1n) is 7.34. The molecule has 0 unspecified atom stereocenters. The number of carboxylic acid groups (broad SMARTS) is 1. The second-order valence-electron chi connectivity index (χ2n) is 6.51. The molecule has 2 atom stereocenters. The van der Waals surface area contributed by atoms with Crippen LogP contribution in [0.2, 0.25) is 0 Å². The quantitative estimate of drug-likeness (QED) is 0.806. The van der Waals surface area contributed by atoms with Crippen LogP contribution < -0.4 is 0 Å². The van der Waals surface area contributed by atoms with Gasteiger partial charge in [0.2, 0.25) is 5.91 Å². The van der Waals surface area contributed by atoms with Crippen LogP contribution in [-0.2, 0) is 9.59 Å². The van der Waals surface area contributed by atoms with Crippen molar-refractivity contribution in [3.63, 3.8) is 0 Å². The molecule has 4 nitrogen and oxygen atoms in total. The highest BCUT2D eigenvalue weighted by Crippen LogP contribution is 2.33. The molecule has 1 aliphatic rings. The van der Waals surface area contributed by atoms with E-state index < -0.39 is 11.9 Å². The zero-order valence-electron chi connectivity index (χ0n) is 12.6. The minimum absolute atomic E-state index is 0.0484. The molecule has 0 aliphatic heterocycles. The van der Waals surface area contributed by atoms with Gasteiger partial charge in [-0.05, 0) is 24.7 Å². The summed E-state index contributed by atoms with van der Waals surface area (Å²) in [7, 11) is 0. The van der Waals surface area contributed by atoms with Gasteiger partial charge in [-0.25, -0.2) is 0 Å². The third kappa shape index (κ3) is 4.51. The first-order valence-corrected chi connectivity index (χ1v) is 7.34. The van der Waals surface area contributed by atoms with E-state index in [0.717, 1.165) is 25.9 Å². The molecule has 0 spiro atoms. The maximum Gasteiger partial charge on any atom is 0.307 e. The van der Waals surface area contributed by atoms with Crippen LogP contribution in [0, 0.1) is 23.7 Å². The lowest BCUT2D eigenvalue weighted by Crippen LogP contribution is -2.42. The molecule has 0 bridgehead atoms. The van der Waals surface area contributed by atoms with Gasteiger partial charge in [-0.15, -0.1) is 0 Å². The van der Waals surface area contributed by atoms with Crippen molar-refractivity contribution in [1.82, 2.24) is 4.90 Å². The molecule has 110 valence electrons. The third-order valence-corrected chi connectivity index (χ3v) is 3.63. The van der Waals surface area contributed by atoms with Gasteiger partial charge in [-0.2, -0.15) is 0 Å². The number of carbonyl (C=O) groups excluding carboxylic acids is 1. The molecule has 0 aromatic heterocycles. The van der Waals surface area contributed by atoms with E-state index >= 15 is 0 Å². The number of carbonyl (C=O) groups is 2. The normalized spacial score (nSPS) is 23.1. The van der Waals surface area contributed by atoms with Crippen LogP contribution in [0.25, 0.3) is 0 Å². The highest BCUT2D eigenvalue weighted by molar-refractivity contribution is 5.85. The summed E-state index contributed by atoms with van der Waals surface area (Å²) >= 11 is 0. The fraction of sp³-hybridized carbons (Fsp3) is 0.867. The monoisotopic (exact) mass is 269 g/mol. The van der Waals surface area contributed by atoms with Crippen molar-refractivity contribution in [2.75, 3.05) is 13.1 Å². The Kier molecular flexibility index (Phi) is 5.83. The average Bonchev–Trinajstić information content (AvgIpc) is 2.74. The zero-order valence-corrected chi connectivity index (χ0v) is 12.6. The molecule has 1 rings (SSSR count). The molecule has 0 aromatic carbocycles. The molecule has 1 fully saturated rings. The minimum atomic E-state index is -0.815. The summed E-state index contributed by atoms with van der Waals surface area (Å²) in [6, 6.07) is 0. The van der Waals surface area contributed by atoms with Crippen molar-refractivity contribution < 1.29 is 14.7 Å². The first-order chi connectivity index (χ1) is 8.82. The summed E-state index contributed by atoms with van der Waals surface area (Å²) < 4.78 is 0. The average molecular weight is 269 g/mol. The molecule has 1 saturated carbocycles. The fourth-order valence-corrected chi connectivity index (χ4v) is 2.92. The number of hydrogen-bond acceptors (Lipinski definition) is 2. The van der Waals surface area contributed by atoms with Crippen LogP contribution >= 0.6 is 0 Å². The lowest BCUT2D eigenvalue weighted by atomic mass is 9.94. The lowest BCUT2D eigenvalue weighted by molar-refractivity contribution is -0.149. The van der Waals surface area contributed by atoms with Crippen molar-refractivity contribution in [3.05, 3.63) is 0 Å². The molecule has 0 aromatic rings. The van der Waals surface area contributed by atoms with Crippen LogP contribution in [0.1, 0.15) is 47.0 Å². The van der Waals surface area contributed by atoms with E-state index in [0.29, 0.717) is 18.3 Å². The Balaban J connectivity index is 2.77. The van der Waals surface area contributed by atoms with Gasteiger partial charge in [0.05, 0.1) is 11.8 Å². The smallest absolute Gasteiger partial charge is 0.307 e. The van der Waals surface area contributed by atoms with Gasteiger partial charge in [0.15, 0.2) is 0 Å². The van der Waals surface area contributed by atoms with Gasteiger partial charge in [-0.3, -0.25) is 9.59 Å². The summed E-state index contributed by atoms with van der Waals surface area (Å²) in [6.07, 6.45) is 2.22. The molecule has 1 N–H and O–H groups in total. The number of carboxylic acids is 1. The largest absolute Gasteiger partial charge is 0.481 e. The predicted octanol–water partition coefficient (Wildman–Crippen LogP) is 2.63. The predicted molar refractivity (Wildman–Crippen MR) is 74.7 cm³/mol. The minimum Gasteiger partial charge on any atom is -0.481 e. The number of nitrogens with zero attached hydrogens (tertiary/aromatic N) is 1. The zero-order chi connectivity index (χ0) is 14.6. The summed E-state index contributed by atoms with van der Waals surface area (Å²) in [4.78, 5) is 25.7. The SMILES string of the molecule is CC(C)CN(CC(C)C)C(=O)[C@@H]1CCC[C@@H]1C(=O)O. The Morgan fingerprint density at radius 1 is 1.05 bits per heavy atom. The number of rotatable bonds is 6. The van der Waals surface area contributed by atoms with Crippen LogP contribution in [0.3, 0.4) is 0 Å². The molecule has 0 heterocycles. The summed E-state index contributed by atoms with van der Waals surface area (Å²) in [5.74, 6) is -0.735. The second-order valence-corrected chi connectivity index (χ2v) is 6.51. The van der Waals surface area contributed by atoms with Crippen molar-refractivity contribution in [3.8, 4) is 0 Å². The van der Waals surface area contributed by atoms with E-state index in [1.807, 2.05) is 4.90 Å². The van der Waals surface area contributed by atoms with Crippen molar-refractivity contribution in [2.45, 2.75) is 47.0 Å². The number of aliphatic carboxylic acids is 1. The van der Waals surface area contributed by atoms with Gasteiger partial charge in [-0.1, -0.05) is 34.1 Å². The molecule has 1 aliphatic carbocycles. The van der Waals surface area contributed by atoms with Crippen LogP contribution in [0.15, 0.2) is 0 Å². The summed E-state index contributed by atoms with van der Waals surface area (Å²) in [5.41, 5.74) is 0. The topological polar surface area (TPSA) is 57.6 Å². The van der Waals surface area contributed by atoms with Crippen LogP contribution in [-0.4, -0.2) is 35.0 Å². The van der Waals surface area contributed by atoms with Crippen molar-refractivity contribution >= 4 is 11.9 Å². The third-order valence-electron chi connectivity index (χ3n) is 3.63. The van der Waals surface area contributed by atoms with Gasteiger partial charge in [0, 0.05) is 13.1 Å². The maximum absolute atomic E-state index is 12.6. The van der Waals surface area contributed by atoms with E-state index in [1.54, 1.807) is 0 Å². The van der Waals surface area contributed by atoms with E-state index in [-0.39, 0.29) is 11.8 Å². The van der Waals surface area contributed by atoms with E-state index in [4.69, 9.17) is 0 Å². The maximum atomic E-state index is 12.6. The highest BCUT2D eigenvalue weighted by Gasteiger charge is 2.39. The van der Waals surface area contributed by atoms with Crippen LogP contribution in [0.5, 0.6) is 0 Å². The molecule has 4 heteroatoms. The number of hydrogen-bond donors (Lipinski definition) is 1. The summed E-state index contributed by atoms with van der Waals surface area (Å²) in [6.45, 7) is 9.79. The van der Waals surface area contributed by atoms with Gasteiger partial charge < -0.3 is 10.0 Å². The molecular weight excluding hydrogens is 242 g/mol. The Bertz CT molecular complexity index is 315. The highest BCUT2D eigenvalue weighted by atomic mass is 16.4. The van der Waals surface area contributed by atoms with E-state index in [1.165, 1.54) is 0 Å². The Labute approximate surface area is 116 Å². The lowest BCUT2D eigenvalue weighted by Gasteiger charge is -2.30. The van der Waals surface area contributed by atoms with E-state index in [9.17, 15) is 14.7 Å². The molecule has 1 amide bonds. The van der Waals surface area contributed by atoms with Gasteiger partial charge in [0.25, 0.3) is 0 Å². The summed E-state index contributed by atoms with van der Waals surface area (Å²) in [5, 5.41) is 9.21. The molecule has 0 saturated heterocycles. The Morgan fingerprint density at radius 2 is 1.53 bits per heavy atom. The van der Waals surface area contributed by atoms with Gasteiger partial charge >= 0.3 is 5.97 Å². The standard InChI is InChI=1S/C15H27NO3/c1-10(2)8-16(9-11(3)4)14(17)12-6-5-7-13(12)15(18)19/h10-13H,5-9H2,1-4H3,(H,18,19)/t12-,13+/m1/s1. The van der Waals surface area contributed by atoms with Crippen molar-refractivity contribution in [2.24, 2.45) is 23.7 Å². The molecule has 19 heavy (non-hydrogen) atoms. The first kappa shape index (κ1) is 16.0. The molecule has 0 radical (unpaired) electrons. The Hall–Kier alpha value is -1.06. The second kappa shape index (κ2) is 6.92. The fourth-order valence-electron chi connectivity index (χ4n) is 2.92. The van der Waals surface area contributed by atoms with Crippen LogP contribution in [0.4, 0.5) is 0 Å². The molecular formula is C15H27NO3. The Morgan fingerprint density at radius 3 is 1.95 bits per heavy atom. The van der Waals surface area contributed by atoms with Crippen molar-refractivity contribution in [1.29, 1.82) is 0 Å². The number of amides is 1. The van der Waals surface area contributed by atoms with E-state index in [2.05, 4.69) is 27.7 Å².